The molecule has 0 N–H and O–H groups in total. The number of rotatable bonds is 2. The summed E-state index contributed by atoms with van der Waals surface area (Å²) in [6, 6.07) is 2.28. The van der Waals surface area contributed by atoms with E-state index in [0.717, 1.165) is 0 Å². The van der Waals surface area contributed by atoms with E-state index in [4.69, 9.17) is 0 Å². The minimum Gasteiger partial charge on any atom is -0.131 e. The predicted octanol–water partition coefficient (Wildman–Crippen LogP) is 6.85. The van der Waals surface area contributed by atoms with Gasteiger partial charge in [-0.1, -0.05) is 15.9 Å². The van der Waals surface area contributed by atoms with Crippen molar-refractivity contribution in [3.05, 3.63) is 53.7 Å². The fourth-order valence-electron chi connectivity index (χ4n) is 2.66. The maximum Gasteiger partial charge on any atom is 0.0743 e. The van der Waals surface area contributed by atoms with Crippen LogP contribution in [-0.2, 0) is 0 Å². The molecular formula is C17H20Br2S. The Balaban J connectivity index is 2.63. The van der Waals surface area contributed by atoms with Crippen molar-refractivity contribution in [2.75, 3.05) is 0 Å². The highest BCUT2D eigenvalue weighted by atomic mass is 79.9. The van der Waals surface area contributed by atoms with Gasteiger partial charge >= 0.3 is 0 Å². The first-order valence-electron chi connectivity index (χ1n) is 6.72. The number of halogens is 2. The quantitative estimate of drug-likeness (QED) is 0.470. The molecule has 1 atom stereocenters. The molecule has 20 heavy (non-hydrogen) atoms. The van der Waals surface area contributed by atoms with Crippen LogP contribution in [0.25, 0.3) is 0 Å². The maximum absolute atomic E-state index is 3.93. The third kappa shape index (κ3) is 2.65. The van der Waals surface area contributed by atoms with Crippen molar-refractivity contribution in [3.8, 4) is 0 Å². The second kappa shape index (κ2) is 5.94. The molecule has 0 amide bonds. The van der Waals surface area contributed by atoms with Gasteiger partial charge in [-0.15, -0.1) is 11.3 Å². The van der Waals surface area contributed by atoms with Crippen molar-refractivity contribution in [2.24, 2.45) is 0 Å². The standard InChI is InChI=1S/C17H20Br2S/c1-8-7-14(20-17(8)19)16(18)15-12(5)10(3)9(2)11(4)13(15)6/h7,16H,1-6H3. The fraction of sp³-hybridized carbons (Fsp3) is 0.412. The van der Waals surface area contributed by atoms with E-state index in [9.17, 15) is 0 Å². The number of benzene rings is 1. The lowest BCUT2D eigenvalue weighted by Crippen LogP contribution is -2.04. The summed E-state index contributed by atoms with van der Waals surface area (Å²) in [6.07, 6.45) is 0. The average molecular weight is 416 g/mol. The highest BCUT2D eigenvalue weighted by Crippen LogP contribution is 2.43. The summed E-state index contributed by atoms with van der Waals surface area (Å²) < 4.78 is 1.23. The molecule has 0 fully saturated rings. The second-order valence-electron chi connectivity index (χ2n) is 5.51. The van der Waals surface area contributed by atoms with Crippen LogP contribution in [-0.4, -0.2) is 0 Å². The van der Waals surface area contributed by atoms with Crippen LogP contribution in [0.4, 0.5) is 0 Å². The minimum atomic E-state index is 0.274. The van der Waals surface area contributed by atoms with Crippen molar-refractivity contribution in [2.45, 2.75) is 46.4 Å². The molecule has 2 rings (SSSR count). The molecule has 0 saturated carbocycles. The summed E-state index contributed by atoms with van der Waals surface area (Å²) >= 11 is 9.38. The molecule has 0 aliphatic heterocycles. The largest absolute Gasteiger partial charge is 0.131 e. The molecule has 0 nitrogen and oxygen atoms in total. The Morgan fingerprint density at radius 1 is 0.850 bits per heavy atom. The molecule has 0 bridgehead atoms. The molecule has 108 valence electrons. The predicted molar refractivity (Wildman–Crippen MR) is 97.7 cm³/mol. The van der Waals surface area contributed by atoms with Crippen molar-refractivity contribution < 1.29 is 0 Å². The zero-order valence-electron chi connectivity index (χ0n) is 12.8. The number of hydrogen-bond acceptors (Lipinski definition) is 1. The van der Waals surface area contributed by atoms with Gasteiger partial charge in [-0.2, -0.15) is 0 Å². The van der Waals surface area contributed by atoms with Gasteiger partial charge in [-0.25, -0.2) is 0 Å². The molecule has 0 radical (unpaired) electrons. The normalized spacial score (nSPS) is 12.8. The van der Waals surface area contributed by atoms with Gasteiger partial charge in [-0.05, 0) is 102 Å². The summed E-state index contributed by atoms with van der Waals surface area (Å²) in [5, 5.41) is 0. The zero-order valence-corrected chi connectivity index (χ0v) is 16.8. The van der Waals surface area contributed by atoms with Gasteiger partial charge in [0.25, 0.3) is 0 Å². The van der Waals surface area contributed by atoms with Crippen LogP contribution in [0.2, 0.25) is 0 Å². The molecule has 0 aliphatic carbocycles. The van der Waals surface area contributed by atoms with Gasteiger partial charge in [0.05, 0.1) is 8.61 Å². The average Bonchev–Trinajstić information content (AvgIpc) is 2.74. The van der Waals surface area contributed by atoms with E-state index in [1.807, 2.05) is 11.3 Å². The summed E-state index contributed by atoms with van der Waals surface area (Å²) in [6.45, 7) is 13.3. The Morgan fingerprint density at radius 3 is 1.70 bits per heavy atom. The van der Waals surface area contributed by atoms with Gasteiger partial charge in [0.2, 0.25) is 0 Å². The third-order valence-corrected chi connectivity index (χ3v) is 7.89. The smallest absolute Gasteiger partial charge is 0.0743 e. The van der Waals surface area contributed by atoms with Gasteiger partial charge in [0.15, 0.2) is 0 Å². The number of aryl methyl sites for hydroxylation is 1. The topological polar surface area (TPSA) is 0 Å². The van der Waals surface area contributed by atoms with Gasteiger partial charge in [-0.3, -0.25) is 0 Å². The van der Waals surface area contributed by atoms with E-state index >= 15 is 0 Å². The molecule has 1 unspecified atom stereocenters. The number of thiophene rings is 1. The van der Waals surface area contributed by atoms with Crippen molar-refractivity contribution in [1.29, 1.82) is 0 Å². The van der Waals surface area contributed by atoms with E-state index in [1.165, 1.54) is 47.6 Å². The second-order valence-corrected chi connectivity index (χ2v) is 8.82. The van der Waals surface area contributed by atoms with Crippen LogP contribution in [0.5, 0.6) is 0 Å². The van der Waals surface area contributed by atoms with Gasteiger partial charge < -0.3 is 0 Å². The molecule has 1 aromatic carbocycles. The summed E-state index contributed by atoms with van der Waals surface area (Å²) in [7, 11) is 0. The monoisotopic (exact) mass is 414 g/mol. The van der Waals surface area contributed by atoms with E-state index in [-0.39, 0.29) is 4.83 Å². The molecule has 2 aromatic rings. The van der Waals surface area contributed by atoms with Crippen molar-refractivity contribution in [3.63, 3.8) is 0 Å². The highest BCUT2D eigenvalue weighted by Gasteiger charge is 2.21. The Morgan fingerprint density at radius 2 is 1.30 bits per heavy atom. The Kier molecular flexibility index (Phi) is 4.83. The van der Waals surface area contributed by atoms with E-state index in [1.54, 1.807) is 0 Å². The molecule has 1 heterocycles. The molecule has 0 spiro atoms. The van der Waals surface area contributed by atoms with E-state index in [0.29, 0.717) is 0 Å². The summed E-state index contributed by atoms with van der Waals surface area (Å²) in [5.74, 6) is 0. The van der Waals surface area contributed by atoms with E-state index in [2.05, 4.69) is 79.5 Å². The number of hydrogen-bond donors (Lipinski definition) is 0. The first kappa shape index (κ1) is 16.3. The summed E-state index contributed by atoms with van der Waals surface area (Å²) in [4.78, 5) is 1.64. The fourth-order valence-corrected chi connectivity index (χ4v) is 5.32. The summed E-state index contributed by atoms with van der Waals surface area (Å²) in [5.41, 5.74) is 9.82. The van der Waals surface area contributed by atoms with Crippen LogP contribution >= 0.6 is 43.2 Å². The molecule has 1 aromatic heterocycles. The molecule has 3 heteroatoms. The first-order valence-corrected chi connectivity index (χ1v) is 9.25. The minimum absolute atomic E-state index is 0.274. The lowest BCUT2D eigenvalue weighted by atomic mass is 9.88. The zero-order chi connectivity index (χ0) is 15.2. The van der Waals surface area contributed by atoms with Crippen LogP contribution in [0.1, 0.15) is 48.6 Å². The lowest BCUT2D eigenvalue weighted by Gasteiger charge is -2.21. The Hall–Kier alpha value is -0.120. The Labute approximate surface area is 142 Å². The van der Waals surface area contributed by atoms with Gasteiger partial charge in [0, 0.05) is 4.88 Å². The van der Waals surface area contributed by atoms with E-state index < -0.39 is 0 Å². The maximum atomic E-state index is 3.93. The van der Waals surface area contributed by atoms with Crippen LogP contribution in [0.3, 0.4) is 0 Å². The SMILES string of the molecule is Cc1cc(C(Br)c2c(C)c(C)c(C)c(C)c2C)sc1Br. The molecule has 0 saturated heterocycles. The lowest BCUT2D eigenvalue weighted by molar-refractivity contribution is 1.07. The van der Waals surface area contributed by atoms with Crippen LogP contribution in [0.15, 0.2) is 9.85 Å². The third-order valence-electron chi connectivity index (χ3n) is 4.44. The number of alkyl halides is 1. The highest BCUT2D eigenvalue weighted by molar-refractivity contribution is 9.11. The molecule has 0 aliphatic rings. The van der Waals surface area contributed by atoms with Gasteiger partial charge in [0.1, 0.15) is 0 Å². The first-order chi connectivity index (χ1) is 9.25. The van der Waals surface area contributed by atoms with Crippen molar-refractivity contribution in [1.82, 2.24) is 0 Å². The molecular weight excluding hydrogens is 396 g/mol. The van der Waals surface area contributed by atoms with Crippen LogP contribution < -0.4 is 0 Å². The van der Waals surface area contributed by atoms with Crippen molar-refractivity contribution >= 4 is 43.2 Å². The Bertz CT molecular complexity index is 620. The van der Waals surface area contributed by atoms with Crippen LogP contribution in [0, 0.1) is 41.5 Å².